The highest BCUT2D eigenvalue weighted by Crippen LogP contribution is 2.23. The van der Waals surface area contributed by atoms with Crippen LogP contribution in [0.15, 0.2) is 0 Å². The summed E-state index contributed by atoms with van der Waals surface area (Å²) < 4.78 is 55.1. The summed E-state index contributed by atoms with van der Waals surface area (Å²) in [4.78, 5) is 11.4. The Morgan fingerprint density at radius 3 is 2.14 bits per heavy atom. The molecule has 0 unspecified atom stereocenters. The molecule has 21 heavy (non-hydrogen) atoms. The smallest absolute Gasteiger partial charge is 0.324 e. The Balaban J connectivity index is 2.87. The van der Waals surface area contributed by atoms with Crippen molar-refractivity contribution in [2.75, 3.05) is 23.7 Å². The van der Waals surface area contributed by atoms with E-state index in [1.165, 1.54) is 0 Å². The first-order valence-corrected chi connectivity index (χ1v) is 6.31. The van der Waals surface area contributed by atoms with Crippen molar-refractivity contribution in [1.29, 1.82) is 0 Å². The zero-order valence-corrected chi connectivity index (χ0v) is 11.8. The van der Waals surface area contributed by atoms with E-state index in [9.17, 15) is 17.6 Å². The van der Waals surface area contributed by atoms with Gasteiger partial charge in [0.1, 0.15) is 0 Å². The summed E-state index contributed by atoms with van der Waals surface area (Å²) in [6, 6.07) is -0.0844. The summed E-state index contributed by atoms with van der Waals surface area (Å²) in [6.07, 6.45) is -4.01. The summed E-state index contributed by atoms with van der Waals surface area (Å²) in [5, 5.41) is 4.83. The number of alkyl halides is 4. The van der Waals surface area contributed by atoms with Crippen LogP contribution in [0.3, 0.4) is 0 Å². The van der Waals surface area contributed by atoms with Gasteiger partial charge in [0.25, 0.3) is 0 Å². The van der Waals surface area contributed by atoms with Crippen LogP contribution in [0.25, 0.3) is 0 Å². The second kappa shape index (κ2) is 7.23. The molecule has 0 spiro atoms. The zero-order valence-electron chi connectivity index (χ0n) is 11.8. The number of hydrogen-bond donors (Lipinski definition) is 2. The van der Waals surface area contributed by atoms with Gasteiger partial charge in [-0.1, -0.05) is 0 Å². The molecule has 0 aliphatic heterocycles. The highest BCUT2D eigenvalue weighted by atomic mass is 19.3. The van der Waals surface area contributed by atoms with Crippen molar-refractivity contribution in [3.8, 4) is 6.01 Å². The maximum absolute atomic E-state index is 12.9. The Labute approximate surface area is 119 Å². The molecule has 0 saturated heterocycles. The van der Waals surface area contributed by atoms with E-state index in [4.69, 9.17) is 4.74 Å². The predicted octanol–water partition coefficient (Wildman–Crippen LogP) is 2.40. The van der Waals surface area contributed by atoms with Crippen molar-refractivity contribution in [3.05, 3.63) is 0 Å². The maximum atomic E-state index is 12.9. The number of hydrogen-bond acceptors (Lipinski definition) is 6. The third-order valence-corrected chi connectivity index (χ3v) is 2.09. The van der Waals surface area contributed by atoms with Gasteiger partial charge in [-0.25, -0.2) is 8.78 Å². The summed E-state index contributed by atoms with van der Waals surface area (Å²) in [7, 11) is 0. The minimum absolute atomic E-state index is 0.0844. The lowest BCUT2D eigenvalue weighted by Crippen LogP contribution is -2.35. The fourth-order valence-electron chi connectivity index (χ4n) is 1.21. The lowest BCUT2D eigenvalue weighted by molar-refractivity contribution is -0.117. The van der Waals surface area contributed by atoms with Gasteiger partial charge in [0.2, 0.25) is 11.9 Å². The van der Waals surface area contributed by atoms with Gasteiger partial charge in [-0.05, 0) is 20.8 Å². The lowest BCUT2D eigenvalue weighted by atomic mass is 10.3. The summed E-state index contributed by atoms with van der Waals surface area (Å²) in [5.74, 6) is -4.34. The molecule has 0 amide bonds. The van der Waals surface area contributed by atoms with Crippen molar-refractivity contribution in [3.63, 3.8) is 0 Å². The first-order chi connectivity index (χ1) is 9.74. The lowest BCUT2D eigenvalue weighted by Gasteiger charge is -2.16. The molecule has 0 saturated carbocycles. The highest BCUT2D eigenvalue weighted by Gasteiger charge is 2.40. The molecule has 1 heterocycles. The molecular formula is C11H17F4N5O. The van der Waals surface area contributed by atoms with Crippen molar-refractivity contribution in [2.24, 2.45) is 0 Å². The molecule has 0 atom stereocenters. The van der Waals surface area contributed by atoms with Crippen LogP contribution in [0, 0.1) is 0 Å². The Kier molecular flexibility index (Phi) is 5.91. The van der Waals surface area contributed by atoms with Gasteiger partial charge in [0, 0.05) is 6.54 Å². The van der Waals surface area contributed by atoms with Crippen LogP contribution >= 0.6 is 0 Å². The molecule has 0 bridgehead atoms. The number of halogens is 4. The molecule has 1 rings (SSSR count). The molecule has 1 aromatic rings. The molecule has 0 aromatic carbocycles. The third-order valence-electron chi connectivity index (χ3n) is 2.09. The first-order valence-electron chi connectivity index (χ1n) is 6.31. The van der Waals surface area contributed by atoms with Crippen LogP contribution in [-0.4, -0.2) is 46.5 Å². The Hall–Kier alpha value is -1.87. The van der Waals surface area contributed by atoms with Crippen LogP contribution in [0.4, 0.5) is 29.5 Å². The van der Waals surface area contributed by atoms with Gasteiger partial charge in [-0.2, -0.15) is 23.7 Å². The number of nitrogens with zero attached hydrogens (tertiary/aromatic N) is 3. The molecule has 0 radical (unpaired) electrons. The summed E-state index contributed by atoms with van der Waals surface area (Å²) >= 11 is 0. The fourth-order valence-corrected chi connectivity index (χ4v) is 1.21. The number of aromatic nitrogens is 3. The molecule has 10 heteroatoms. The normalized spacial score (nSPS) is 11.9. The van der Waals surface area contributed by atoms with E-state index in [2.05, 4.69) is 25.6 Å². The van der Waals surface area contributed by atoms with E-state index < -0.39 is 18.9 Å². The summed E-state index contributed by atoms with van der Waals surface area (Å²) in [5.41, 5.74) is 0. The fraction of sp³-hybridized carbons (Fsp3) is 0.727. The van der Waals surface area contributed by atoms with E-state index in [1.54, 1.807) is 20.8 Å². The van der Waals surface area contributed by atoms with Crippen LogP contribution in [0.1, 0.15) is 20.8 Å². The van der Waals surface area contributed by atoms with E-state index in [0.29, 0.717) is 6.54 Å². The van der Waals surface area contributed by atoms with Gasteiger partial charge in [0.05, 0.1) is 12.6 Å². The van der Waals surface area contributed by atoms with Gasteiger partial charge in [-0.15, -0.1) is 0 Å². The van der Waals surface area contributed by atoms with Crippen molar-refractivity contribution < 1.29 is 22.3 Å². The van der Waals surface area contributed by atoms with Gasteiger partial charge in [-0.3, -0.25) is 0 Å². The maximum Gasteiger partial charge on any atom is 0.324 e. The Morgan fingerprint density at radius 2 is 1.67 bits per heavy atom. The topological polar surface area (TPSA) is 72.0 Å². The Bertz CT molecular complexity index is 458. The largest absolute Gasteiger partial charge is 0.461 e. The second-order valence-corrected chi connectivity index (χ2v) is 4.38. The molecule has 120 valence electrons. The van der Waals surface area contributed by atoms with Crippen LogP contribution < -0.4 is 15.4 Å². The molecule has 1 aromatic heterocycles. The van der Waals surface area contributed by atoms with Gasteiger partial charge >= 0.3 is 18.4 Å². The molecule has 0 aliphatic carbocycles. The van der Waals surface area contributed by atoms with Crippen LogP contribution in [0.5, 0.6) is 6.01 Å². The van der Waals surface area contributed by atoms with Crippen molar-refractivity contribution >= 4 is 11.9 Å². The molecule has 6 nitrogen and oxygen atoms in total. The molecular weight excluding hydrogens is 294 g/mol. The average molecular weight is 311 g/mol. The Morgan fingerprint density at radius 1 is 1.10 bits per heavy atom. The van der Waals surface area contributed by atoms with Gasteiger partial charge in [0.15, 0.2) is 0 Å². The minimum atomic E-state index is -4.18. The zero-order chi connectivity index (χ0) is 16.0. The van der Waals surface area contributed by atoms with Crippen molar-refractivity contribution in [1.82, 2.24) is 15.0 Å². The third kappa shape index (κ3) is 5.56. The van der Waals surface area contributed by atoms with E-state index >= 15 is 0 Å². The average Bonchev–Trinajstić information content (AvgIpc) is 2.35. The first kappa shape index (κ1) is 17.2. The predicted molar refractivity (Wildman–Crippen MR) is 69.2 cm³/mol. The molecule has 0 fully saturated rings. The minimum Gasteiger partial charge on any atom is -0.461 e. The van der Waals surface area contributed by atoms with E-state index in [-0.39, 0.29) is 24.0 Å². The van der Waals surface area contributed by atoms with Crippen LogP contribution in [-0.2, 0) is 0 Å². The van der Waals surface area contributed by atoms with E-state index in [1.807, 2.05) is 0 Å². The number of ether oxygens (including phenoxy) is 1. The van der Waals surface area contributed by atoms with E-state index in [0.717, 1.165) is 0 Å². The SMILES string of the molecule is CCNc1nc(NCC(F)(F)C(F)F)nc(OC(C)C)n1. The molecule has 0 aliphatic rings. The van der Waals surface area contributed by atoms with Crippen LogP contribution in [0.2, 0.25) is 0 Å². The monoisotopic (exact) mass is 311 g/mol. The molecule has 2 N–H and O–H groups in total. The van der Waals surface area contributed by atoms with Crippen molar-refractivity contribution in [2.45, 2.75) is 39.2 Å². The summed E-state index contributed by atoms with van der Waals surface area (Å²) in [6.45, 7) is 4.44. The standard InChI is InChI=1S/C11H17F4N5O/c1-4-16-8-18-9(17-5-11(14,15)7(12)13)20-10(19-8)21-6(2)3/h6-7H,4-5H2,1-3H3,(H2,16,17,18,19,20). The number of anilines is 2. The highest BCUT2D eigenvalue weighted by molar-refractivity contribution is 5.36. The van der Waals surface area contributed by atoms with Gasteiger partial charge < -0.3 is 15.4 Å². The number of rotatable bonds is 8. The quantitative estimate of drug-likeness (QED) is 0.718. The number of nitrogens with one attached hydrogen (secondary N) is 2. The second-order valence-electron chi connectivity index (χ2n) is 4.38.